The van der Waals surface area contributed by atoms with E-state index in [1.54, 1.807) is 0 Å². The zero-order valence-corrected chi connectivity index (χ0v) is 29.0. The van der Waals surface area contributed by atoms with Crippen molar-refractivity contribution in [3.63, 3.8) is 0 Å². The van der Waals surface area contributed by atoms with E-state index in [-0.39, 0.29) is 0 Å². The van der Waals surface area contributed by atoms with E-state index in [1.165, 1.54) is 193 Å². The number of rotatable bonds is 35. The maximum Gasteiger partial charge on any atom is 0.303 e. The normalized spacial score (nSPS) is 11.2. The van der Waals surface area contributed by atoms with Crippen molar-refractivity contribution in [3.8, 4) is 0 Å². The summed E-state index contributed by atoms with van der Waals surface area (Å²) in [4.78, 5) is 10.5. The molecule has 0 aromatic rings. The summed E-state index contributed by atoms with van der Waals surface area (Å²) in [5.74, 6) is -0.650. The molecule has 0 saturated carbocycles. The predicted molar refractivity (Wildman–Crippen MR) is 190 cm³/mol. The van der Waals surface area contributed by atoms with Gasteiger partial charge in [-0.3, -0.25) is 4.79 Å². The first kappa shape index (κ1) is 40.7. The Morgan fingerprint density at radius 1 is 0.415 bits per heavy atom. The molecule has 0 aliphatic rings. The second-order valence-electron chi connectivity index (χ2n) is 12.7. The van der Waals surface area contributed by atoms with Gasteiger partial charge in [-0.2, -0.15) is 0 Å². The molecule has 0 rings (SSSR count). The van der Waals surface area contributed by atoms with E-state index >= 15 is 0 Å². The van der Waals surface area contributed by atoms with Gasteiger partial charge in [0, 0.05) is 13.0 Å². The van der Waals surface area contributed by atoms with E-state index in [9.17, 15) is 4.79 Å². The highest BCUT2D eigenvalue weighted by atomic mass is 32.1. The van der Waals surface area contributed by atoms with Gasteiger partial charge in [-0.05, 0) is 12.8 Å². The predicted octanol–water partition coefficient (Wildman–Crippen LogP) is 12.7. The van der Waals surface area contributed by atoms with E-state index < -0.39 is 5.97 Å². The lowest BCUT2D eigenvalue weighted by Crippen LogP contribution is -2.17. The Balaban J connectivity index is 3.04. The number of hydrogen-bond acceptors (Lipinski definition) is 2. The van der Waals surface area contributed by atoms with Gasteiger partial charge in [0.15, 0.2) is 0 Å². The van der Waals surface area contributed by atoms with Crippen LogP contribution in [0.1, 0.15) is 212 Å². The lowest BCUT2D eigenvalue weighted by molar-refractivity contribution is -0.137. The third-order valence-corrected chi connectivity index (χ3v) is 8.90. The molecule has 0 fully saturated rings. The van der Waals surface area contributed by atoms with Crippen LogP contribution >= 0.6 is 24.8 Å². The van der Waals surface area contributed by atoms with Gasteiger partial charge in [-0.1, -0.05) is 205 Å². The van der Waals surface area contributed by atoms with Crippen LogP contribution < -0.4 is 5.32 Å². The van der Waals surface area contributed by atoms with Crippen LogP contribution in [0.5, 0.6) is 0 Å². The molecule has 0 aliphatic carbocycles. The van der Waals surface area contributed by atoms with Gasteiger partial charge in [-0.15, -0.1) is 12.6 Å². The van der Waals surface area contributed by atoms with Crippen molar-refractivity contribution in [3.05, 3.63) is 0 Å². The molecule has 2 N–H and O–H groups in total. The Bertz CT molecular complexity index is 498. The van der Waals surface area contributed by atoms with Crippen LogP contribution in [0.25, 0.3) is 0 Å². The van der Waals surface area contributed by atoms with Crippen LogP contribution in [0, 0.1) is 0 Å². The second kappa shape index (κ2) is 35.9. The minimum atomic E-state index is -0.650. The van der Waals surface area contributed by atoms with E-state index in [2.05, 4.69) is 17.9 Å². The van der Waals surface area contributed by atoms with Crippen LogP contribution in [-0.4, -0.2) is 21.9 Å². The van der Waals surface area contributed by atoms with Gasteiger partial charge in [0.2, 0.25) is 0 Å². The number of aliphatic carboxylic acids is 1. The molecule has 0 radical (unpaired) electrons. The molecule has 0 aliphatic heterocycles. The number of thiol groups is 1. The first-order valence-electron chi connectivity index (χ1n) is 18.3. The Labute approximate surface area is 268 Å². The third-order valence-electron chi connectivity index (χ3n) is 8.59. The standard InChI is InChI=1S/C36H71NO2S2/c38-35(39)33-31-29-27-25-23-21-19-17-15-13-11-9-7-5-3-1-2-4-6-8-10-12-14-16-18-20-22-24-26-28-30-32-34-37-36(40)41/h1-34H2,(H,38,39)(H2,37,40,41). The van der Waals surface area contributed by atoms with Gasteiger partial charge in [-0.25, -0.2) is 0 Å². The van der Waals surface area contributed by atoms with Crippen molar-refractivity contribution in [1.29, 1.82) is 0 Å². The van der Waals surface area contributed by atoms with Crippen molar-refractivity contribution in [2.24, 2.45) is 0 Å². The molecular weight excluding hydrogens is 543 g/mol. The van der Waals surface area contributed by atoms with E-state index in [1.807, 2.05) is 0 Å². The van der Waals surface area contributed by atoms with Crippen molar-refractivity contribution in [2.75, 3.05) is 6.54 Å². The smallest absolute Gasteiger partial charge is 0.303 e. The fourth-order valence-corrected chi connectivity index (χ4v) is 6.11. The van der Waals surface area contributed by atoms with Gasteiger partial charge in [0.25, 0.3) is 0 Å². The van der Waals surface area contributed by atoms with Crippen LogP contribution in [0.15, 0.2) is 0 Å². The molecule has 0 unspecified atom stereocenters. The van der Waals surface area contributed by atoms with Crippen molar-refractivity contribution >= 4 is 35.1 Å². The molecule has 3 nitrogen and oxygen atoms in total. The second-order valence-corrected chi connectivity index (χ2v) is 13.8. The summed E-state index contributed by atoms with van der Waals surface area (Å²) in [6, 6.07) is 0. The SMILES string of the molecule is O=C(O)CCCCCCCCCCCCCCCCCCCCCCCCCCCCCCCCCCNC(=S)S. The molecule has 0 aromatic carbocycles. The van der Waals surface area contributed by atoms with E-state index in [0.29, 0.717) is 10.7 Å². The molecule has 244 valence electrons. The molecule has 0 atom stereocenters. The molecule has 41 heavy (non-hydrogen) atoms. The highest BCUT2D eigenvalue weighted by Crippen LogP contribution is 2.17. The quantitative estimate of drug-likeness (QED) is 0.0378. The largest absolute Gasteiger partial charge is 0.481 e. The summed E-state index contributed by atoms with van der Waals surface area (Å²) in [5.41, 5.74) is 0. The maximum absolute atomic E-state index is 10.5. The highest BCUT2D eigenvalue weighted by molar-refractivity contribution is 8.11. The first-order chi connectivity index (χ1) is 20.1. The number of carboxylic acids is 1. The van der Waals surface area contributed by atoms with Gasteiger partial charge in [0.05, 0.1) is 0 Å². The summed E-state index contributed by atoms with van der Waals surface area (Å²) < 4.78 is 0.624. The molecule has 5 heteroatoms. The Kier molecular flexibility index (Phi) is 35.7. The van der Waals surface area contributed by atoms with E-state index in [4.69, 9.17) is 17.3 Å². The summed E-state index contributed by atoms with van der Waals surface area (Å²) in [6.45, 7) is 0.981. The Hall–Kier alpha value is -0.290. The fourth-order valence-electron chi connectivity index (χ4n) is 5.90. The van der Waals surface area contributed by atoms with Gasteiger partial charge < -0.3 is 10.4 Å². The average Bonchev–Trinajstić information content (AvgIpc) is 2.94. The van der Waals surface area contributed by atoms with Gasteiger partial charge in [0.1, 0.15) is 4.32 Å². The lowest BCUT2D eigenvalue weighted by Gasteiger charge is -2.05. The van der Waals surface area contributed by atoms with Crippen LogP contribution in [0.4, 0.5) is 0 Å². The van der Waals surface area contributed by atoms with Crippen LogP contribution in [-0.2, 0) is 4.79 Å². The summed E-state index contributed by atoms with van der Waals surface area (Å²) in [7, 11) is 0. The molecular formula is C36H71NO2S2. The molecule has 0 aromatic heterocycles. The number of hydrogen-bond donors (Lipinski definition) is 3. The third kappa shape index (κ3) is 39.7. The number of carboxylic acid groups (broad SMARTS) is 1. The molecule has 0 saturated heterocycles. The lowest BCUT2D eigenvalue weighted by atomic mass is 10.0. The van der Waals surface area contributed by atoms with Crippen molar-refractivity contribution < 1.29 is 9.90 Å². The maximum atomic E-state index is 10.5. The minimum Gasteiger partial charge on any atom is -0.481 e. The number of thiocarbonyl (C=S) groups is 1. The molecule has 0 bridgehead atoms. The number of nitrogens with one attached hydrogen (secondary N) is 1. The topological polar surface area (TPSA) is 49.3 Å². The Morgan fingerprint density at radius 3 is 0.805 bits per heavy atom. The molecule has 0 amide bonds. The van der Waals surface area contributed by atoms with Crippen molar-refractivity contribution in [1.82, 2.24) is 5.32 Å². The zero-order chi connectivity index (χ0) is 29.9. The number of unbranched alkanes of at least 4 members (excludes halogenated alkanes) is 31. The summed E-state index contributed by atoms with van der Waals surface area (Å²) in [6.07, 6.45) is 44.6. The molecule has 0 spiro atoms. The average molecular weight is 614 g/mol. The fraction of sp³-hybridized carbons (Fsp3) is 0.944. The summed E-state index contributed by atoms with van der Waals surface area (Å²) >= 11 is 8.98. The monoisotopic (exact) mass is 613 g/mol. The van der Waals surface area contributed by atoms with Crippen LogP contribution in [0.3, 0.4) is 0 Å². The zero-order valence-electron chi connectivity index (χ0n) is 27.3. The van der Waals surface area contributed by atoms with E-state index in [0.717, 1.165) is 19.4 Å². The summed E-state index contributed by atoms with van der Waals surface area (Å²) in [5, 5.41) is 11.7. The van der Waals surface area contributed by atoms with Gasteiger partial charge >= 0.3 is 5.97 Å². The highest BCUT2D eigenvalue weighted by Gasteiger charge is 1.98. The Morgan fingerprint density at radius 2 is 0.610 bits per heavy atom. The number of carbonyl (C=O) groups is 1. The van der Waals surface area contributed by atoms with Crippen LogP contribution in [0.2, 0.25) is 0 Å². The van der Waals surface area contributed by atoms with Crippen molar-refractivity contribution in [2.45, 2.75) is 212 Å². The first-order valence-corrected chi connectivity index (χ1v) is 19.2. The molecule has 0 heterocycles. The minimum absolute atomic E-state index is 0.343.